The van der Waals surface area contributed by atoms with Gasteiger partial charge in [0, 0.05) is 30.1 Å². The van der Waals surface area contributed by atoms with Crippen molar-refractivity contribution in [3.8, 4) is 11.1 Å². The molecule has 0 bridgehead atoms. The van der Waals surface area contributed by atoms with Crippen molar-refractivity contribution in [1.82, 2.24) is 20.5 Å². The molecular weight excluding hydrogens is 295 g/mol. The standard InChI is InChI=1S/C17H15FN4O/c18-15-4-2-1-3-12(15)7-8-19-17(23)16-6-5-13(9-20-16)14-10-21-22-11-14/h1-6,9-11H,7-8H2,(H,19,23)(H,21,22). The van der Waals surface area contributed by atoms with Crippen LogP contribution in [0.25, 0.3) is 11.1 Å². The molecule has 0 fully saturated rings. The fourth-order valence-electron chi connectivity index (χ4n) is 2.21. The van der Waals surface area contributed by atoms with Gasteiger partial charge >= 0.3 is 0 Å². The largest absolute Gasteiger partial charge is 0.350 e. The molecule has 2 aromatic heterocycles. The van der Waals surface area contributed by atoms with E-state index < -0.39 is 0 Å². The number of nitrogens with zero attached hydrogens (tertiary/aromatic N) is 2. The fourth-order valence-corrected chi connectivity index (χ4v) is 2.21. The number of nitrogens with one attached hydrogen (secondary N) is 2. The van der Waals surface area contributed by atoms with Crippen LogP contribution in [0.15, 0.2) is 55.0 Å². The number of H-pyrrole nitrogens is 1. The van der Waals surface area contributed by atoms with E-state index in [-0.39, 0.29) is 11.7 Å². The molecule has 0 spiro atoms. The minimum atomic E-state index is -0.278. The molecule has 0 unspecified atom stereocenters. The lowest BCUT2D eigenvalue weighted by Crippen LogP contribution is -2.26. The zero-order chi connectivity index (χ0) is 16.1. The molecule has 0 saturated carbocycles. The van der Waals surface area contributed by atoms with Gasteiger partial charge < -0.3 is 5.32 Å². The highest BCUT2D eigenvalue weighted by molar-refractivity contribution is 5.92. The van der Waals surface area contributed by atoms with E-state index in [0.29, 0.717) is 24.2 Å². The Morgan fingerprint density at radius 2 is 2.00 bits per heavy atom. The van der Waals surface area contributed by atoms with E-state index in [1.54, 1.807) is 42.9 Å². The molecule has 0 saturated heterocycles. The summed E-state index contributed by atoms with van der Waals surface area (Å²) in [6, 6.07) is 10.00. The van der Waals surface area contributed by atoms with E-state index in [9.17, 15) is 9.18 Å². The topological polar surface area (TPSA) is 70.7 Å². The molecule has 116 valence electrons. The smallest absolute Gasteiger partial charge is 0.269 e. The first kappa shape index (κ1) is 14.9. The lowest BCUT2D eigenvalue weighted by atomic mass is 10.1. The predicted molar refractivity (Wildman–Crippen MR) is 84.3 cm³/mol. The molecule has 0 atom stereocenters. The number of hydrogen-bond donors (Lipinski definition) is 2. The molecule has 0 aliphatic rings. The van der Waals surface area contributed by atoms with Crippen LogP contribution in [-0.2, 0) is 6.42 Å². The number of benzene rings is 1. The number of hydrogen-bond acceptors (Lipinski definition) is 3. The Labute approximate surface area is 132 Å². The van der Waals surface area contributed by atoms with Crippen molar-refractivity contribution in [3.05, 3.63) is 72.1 Å². The molecule has 0 aliphatic heterocycles. The van der Waals surface area contributed by atoms with Crippen LogP contribution in [0.5, 0.6) is 0 Å². The van der Waals surface area contributed by atoms with Crippen LogP contribution in [0.3, 0.4) is 0 Å². The van der Waals surface area contributed by atoms with Gasteiger partial charge in [0.15, 0.2) is 0 Å². The van der Waals surface area contributed by atoms with Gasteiger partial charge in [-0.3, -0.25) is 14.9 Å². The van der Waals surface area contributed by atoms with E-state index >= 15 is 0 Å². The van der Waals surface area contributed by atoms with Gasteiger partial charge in [0.2, 0.25) is 0 Å². The van der Waals surface area contributed by atoms with Gasteiger partial charge in [-0.2, -0.15) is 5.10 Å². The van der Waals surface area contributed by atoms with Gasteiger partial charge in [-0.15, -0.1) is 0 Å². The van der Waals surface area contributed by atoms with Crippen molar-refractivity contribution in [3.63, 3.8) is 0 Å². The minimum absolute atomic E-state index is 0.260. The molecule has 0 radical (unpaired) electrons. The molecule has 23 heavy (non-hydrogen) atoms. The SMILES string of the molecule is O=C(NCCc1ccccc1F)c1ccc(-c2cn[nH]c2)cn1. The van der Waals surface area contributed by atoms with E-state index in [1.807, 2.05) is 6.07 Å². The Kier molecular flexibility index (Phi) is 4.42. The fraction of sp³-hybridized carbons (Fsp3) is 0.118. The third kappa shape index (κ3) is 3.60. The first-order valence-corrected chi connectivity index (χ1v) is 7.21. The van der Waals surface area contributed by atoms with Gasteiger partial charge in [-0.05, 0) is 24.1 Å². The number of pyridine rings is 1. The molecule has 2 N–H and O–H groups in total. The lowest BCUT2D eigenvalue weighted by Gasteiger charge is -2.06. The van der Waals surface area contributed by atoms with Gasteiger partial charge in [0.05, 0.1) is 6.20 Å². The van der Waals surface area contributed by atoms with Crippen LogP contribution in [0.1, 0.15) is 16.1 Å². The van der Waals surface area contributed by atoms with Gasteiger partial charge in [0.1, 0.15) is 11.5 Å². The summed E-state index contributed by atoms with van der Waals surface area (Å²) in [5.41, 5.74) is 2.69. The first-order chi connectivity index (χ1) is 11.2. The van der Waals surface area contributed by atoms with Gasteiger partial charge in [-0.1, -0.05) is 24.3 Å². The number of aromatic nitrogens is 3. The summed E-state index contributed by atoms with van der Waals surface area (Å²) in [6.07, 6.45) is 5.50. The van der Waals surface area contributed by atoms with Crippen LogP contribution < -0.4 is 5.32 Å². The maximum Gasteiger partial charge on any atom is 0.269 e. The number of halogens is 1. The molecule has 0 aliphatic carbocycles. The second kappa shape index (κ2) is 6.83. The molecule has 1 aromatic carbocycles. The van der Waals surface area contributed by atoms with Crippen molar-refractivity contribution >= 4 is 5.91 Å². The highest BCUT2D eigenvalue weighted by Gasteiger charge is 2.08. The van der Waals surface area contributed by atoms with Crippen molar-refractivity contribution < 1.29 is 9.18 Å². The zero-order valence-electron chi connectivity index (χ0n) is 12.3. The Balaban J connectivity index is 1.57. The summed E-state index contributed by atoms with van der Waals surface area (Å²) in [4.78, 5) is 16.2. The second-order valence-electron chi connectivity index (χ2n) is 5.02. The van der Waals surface area contributed by atoms with Gasteiger partial charge in [0.25, 0.3) is 5.91 Å². The predicted octanol–water partition coefficient (Wildman–Crippen LogP) is 2.58. The van der Waals surface area contributed by atoms with Crippen LogP contribution >= 0.6 is 0 Å². The van der Waals surface area contributed by atoms with E-state index in [4.69, 9.17) is 0 Å². The molecular formula is C17H15FN4O. The number of amides is 1. The van der Waals surface area contributed by atoms with Crippen LogP contribution in [-0.4, -0.2) is 27.6 Å². The van der Waals surface area contributed by atoms with Crippen molar-refractivity contribution in [1.29, 1.82) is 0 Å². The molecule has 5 nitrogen and oxygen atoms in total. The molecule has 2 heterocycles. The molecule has 3 aromatic rings. The van der Waals surface area contributed by atoms with E-state index in [2.05, 4.69) is 20.5 Å². The molecule has 3 rings (SSSR count). The Morgan fingerprint density at radius 1 is 1.13 bits per heavy atom. The third-order valence-electron chi connectivity index (χ3n) is 3.47. The Bertz CT molecular complexity index is 785. The maximum absolute atomic E-state index is 13.5. The van der Waals surface area contributed by atoms with Crippen LogP contribution in [0, 0.1) is 5.82 Å². The summed E-state index contributed by atoms with van der Waals surface area (Å²) >= 11 is 0. The molecule has 1 amide bonds. The average Bonchev–Trinajstić information content (AvgIpc) is 3.11. The first-order valence-electron chi connectivity index (χ1n) is 7.21. The van der Waals surface area contributed by atoms with E-state index in [1.165, 1.54) is 6.07 Å². The summed E-state index contributed by atoms with van der Waals surface area (Å²) in [6.45, 7) is 0.352. The number of aromatic amines is 1. The number of carbonyl (C=O) groups excluding carboxylic acids is 1. The Morgan fingerprint density at radius 3 is 2.70 bits per heavy atom. The highest BCUT2D eigenvalue weighted by atomic mass is 19.1. The zero-order valence-corrected chi connectivity index (χ0v) is 12.3. The van der Waals surface area contributed by atoms with E-state index in [0.717, 1.165) is 11.1 Å². The quantitative estimate of drug-likeness (QED) is 0.761. The summed E-state index contributed by atoms with van der Waals surface area (Å²) in [5, 5.41) is 9.34. The van der Waals surface area contributed by atoms with Crippen molar-refractivity contribution in [2.45, 2.75) is 6.42 Å². The number of rotatable bonds is 5. The number of carbonyl (C=O) groups is 1. The summed E-state index contributed by atoms with van der Waals surface area (Å²) < 4.78 is 13.5. The van der Waals surface area contributed by atoms with Crippen LogP contribution in [0.4, 0.5) is 4.39 Å². The normalized spacial score (nSPS) is 10.5. The van der Waals surface area contributed by atoms with Crippen LogP contribution in [0.2, 0.25) is 0 Å². The average molecular weight is 310 g/mol. The molecule has 6 heteroatoms. The van der Waals surface area contributed by atoms with Crippen molar-refractivity contribution in [2.24, 2.45) is 0 Å². The maximum atomic E-state index is 13.5. The lowest BCUT2D eigenvalue weighted by molar-refractivity contribution is 0.0949. The van der Waals surface area contributed by atoms with Gasteiger partial charge in [-0.25, -0.2) is 4.39 Å². The monoisotopic (exact) mass is 310 g/mol. The third-order valence-corrected chi connectivity index (χ3v) is 3.47. The van der Waals surface area contributed by atoms with Crippen molar-refractivity contribution in [2.75, 3.05) is 6.54 Å². The second-order valence-corrected chi connectivity index (χ2v) is 5.02. The Hall–Kier alpha value is -3.02. The minimum Gasteiger partial charge on any atom is -0.350 e. The summed E-state index contributed by atoms with van der Waals surface area (Å²) in [5.74, 6) is -0.538. The highest BCUT2D eigenvalue weighted by Crippen LogP contribution is 2.16. The summed E-state index contributed by atoms with van der Waals surface area (Å²) in [7, 11) is 0.